The highest BCUT2D eigenvalue weighted by molar-refractivity contribution is 5.93. The Balaban J connectivity index is 1.23. The molecule has 1 aliphatic heterocycles. The maximum absolute atomic E-state index is 12.8. The molecule has 2 aromatic heterocycles. The number of nitrogens with one attached hydrogen (secondary N) is 1. The molecular weight excluding hydrogens is 426 g/mol. The Kier molecular flexibility index (Phi) is 6.70. The molecule has 2 aliphatic rings. The first kappa shape index (κ1) is 22.3. The molecule has 5 rings (SSSR count). The van der Waals surface area contributed by atoms with Gasteiger partial charge in [-0.25, -0.2) is 15.0 Å². The number of aromatic nitrogens is 3. The van der Waals surface area contributed by atoms with E-state index < -0.39 is 0 Å². The number of nitrogens with zero attached hydrogens (tertiary/aromatic N) is 4. The molecule has 1 saturated carbocycles. The Morgan fingerprint density at radius 2 is 1.82 bits per heavy atom. The number of fused-ring (bicyclic) bond motifs is 1. The smallest absolute Gasteiger partial charge is 0.223 e. The monoisotopic (exact) mass is 457 g/mol. The second kappa shape index (κ2) is 10.2. The number of hydrogen-bond donors (Lipinski definition) is 2. The molecule has 0 spiro atoms. The summed E-state index contributed by atoms with van der Waals surface area (Å²) in [4.78, 5) is 28.9. The number of pyridine rings is 1. The molecule has 7 heteroatoms. The number of hydrogen-bond acceptors (Lipinski definition) is 7. The SMILES string of the molecule is O=C(C=C1CCCCC1)C1CCN(c2nccc3nc(NCc4ccc(O)cc4)ncc23)CC1. The molecule has 34 heavy (non-hydrogen) atoms. The van der Waals surface area contributed by atoms with E-state index in [9.17, 15) is 9.90 Å². The van der Waals surface area contributed by atoms with Crippen LogP contribution in [0.1, 0.15) is 50.5 Å². The summed E-state index contributed by atoms with van der Waals surface area (Å²) >= 11 is 0. The summed E-state index contributed by atoms with van der Waals surface area (Å²) < 4.78 is 0. The van der Waals surface area contributed by atoms with Crippen LogP contribution in [-0.2, 0) is 11.3 Å². The third-order valence-corrected chi connectivity index (χ3v) is 6.91. The van der Waals surface area contributed by atoms with Crippen molar-refractivity contribution in [3.05, 3.63) is 59.9 Å². The molecule has 3 aromatic rings. The fourth-order valence-corrected chi connectivity index (χ4v) is 4.92. The summed E-state index contributed by atoms with van der Waals surface area (Å²) in [6.07, 6.45) is 13.2. The highest BCUT2D eigenvalue weighted by atomic mass is 16.3. The zero-order chi connectivity index (χ0) is 23.3. The third-order valence-electron chi connectivity index (χ3n) is 6.91. The number of carbonyl (C=O) groups is 1. The lowest BCUT2D eigenvalue weighted by atomic mass is 9.88. The van der Waals surface area contributed by atoms with Crippen molar-refractivity contribution in [3.63, 3.8) is 0 Å². The first-order valence-corrected chi connectivity index (χ1v) is 12.3. The zero-order valence-electron chi connectivity index (χ0n) is 19.4. The molecule has 7 nitrogen and oxygen atoms in total. The molecule has 2 fully saturated rings. The van der Waals surface area contributed by atoms with E-state index in [1.54, 1.807) is 18.3 Å². The number of aromatic hydroxyl groups is 1. The lowest BCUT2D eigenvalue weighted by molar-refractivity contribution is -0.118. The molecule has 1 aromatic carbocycles. The summed E-state index contributed by atoms with van der Waals surface area (Å²) in [6, 6.07) is 8.97. The standard InChI is InChI=1S/C27H31N5O2/c33-22-8-6-20(7-9-22)17-29-27-30-18-23-24(31-27)10-13-28-26(23)32-14-11-21(12-15-32)25(34)16-19-4-2-1-3-5-19/h6-10,13,16,18,21,33H,1-5,11-12,14-15,17H2,(H,29,30,31). The van der Waals surface area contributed by atoms with E-state index in [-0.39, 0.29) is 11.7 Å². The van der Waals surface area contributed by atoms with E-state index in [0.29, 0.717) is 18.3 Å². The number of carbonyl (C=O) groups excluding carboxylic acids is 1. The fraction of sp³-hybridized carbons (Fsp3) is 0.407. The van der Waals surface area contributed by atoms with Gasteiger partial charge in [0.05, 0.1) is 10.9 Å². The average molecular weight is 458 g/mol. The number of rotatable bonds is 6. The minimum Gasteiger partial charge on any atom is -0.508 e. The maximum Gasteiger partial charge on any atom is 0.223 e. The predicted molar refractivity (Wildman–Crippen MR) is 134 cm³/mol. The number of benzene rings is 1. The molecule has 3 heterocycles. The zero-order valence-corrected chi connectivity index (χ0v) is 19.4. The van der Waals surface area contributed by atoms with Crippen molar-refractivity contribution >= 4 is 28.5 Å². The number of ketones is 1. The molecule has 2 N–H and O–H groups in total. The van der Waals surface area contributed by atoms with Crippen LogP contribution in [0.25, 0.3) is 10.9 Å². The Morgan fingerprint density at radius 3 is 2.59 bits per heavy atom. The first-order chi connectivity index (χ1) is 16.7. The van der Waals surface area contributed by atoms with Gasteiger partial charge in [-0.15, -0.1) is 0 Å². The Labute approximate surface area is 200 Å². The largest absolute Gasteiger partial charge is 0.508 e. The number of phenols is 1. The van der Waals surface area contributed by atoms with Crippen LogP contribution in [0, 0.1) is 5.92 Å². The van der Waals surface area contributed by atoms with Gasteiger partial charge in [-0.2, -0.15) is 0 Å². The Hall–Kier alpha value is -3.48. The Morgan fingerprint density at radius 1 is 1.06 bits per heavy atom. The van der Waals surface area contributed by atoms with Crippen molar-refractivity contribution in [2.75, 3.05) is 23.3 Å². The second-order valence-corrected chi connectivity index (χ2v) is 9.31. The lowest BCUT2D eigenvalue weighted by Crippen LogP contribution is -2.36. The van der Waals surface area contributed by atoms with Crippen molar-refractivity contribution in [3.8, 4) is 5.75 Å². The van der Waals surface area contributed by atoms with Crippen LogP contribution in [0.3, 0.4) is 0 Å². The van der Waals surface area contributed by atoms with Crippen LogP contribution >= 0.6 is 0 Å². The van der Waals surface area contributed by atoms with E-state index in [0.717, 1.165) is 61.1 Å². The highest BCUT2D eigenvalue weighted by Gasteiger charge is 2.26. The summed E-state index contributed by atoms with van der Waals surface area (Å²) in [7, 11) is 0. The van der Waals surface area contributed by atoms with E-state index in [4.69, 9.17) is 0 Å². The summed E-state index contributed by atoms with van der Waals surface area (Å²) in [6.45, 7) is 2.19. The second-order valence-electron chi connectivity index (χ2n) is 9.31. The van der Waals surface area contributed by atoms with Gasteiger partial charge < -0.3 is 15.3 Å². The molecule has 1 saturated heterocycles. The quantitative estimate of drug-likeness (QED) is 0.502. The van der Waals surface area contributed by atoms with Crippen LogP contribution in [0.15, 0.2) is 54.4 Å². The van der Waals surface area contributed by atoms with Gasteiger partial charge in [0.15, 0.2) is 5.78 Å². The van der Waals surface area contributed by atoms with Gasteiger partial charge in [0.1, 0.15) is 11.6 Å². The van der Waals surface area contributed by atoms with Crippen molar-refractivity contribution in [1.29, 1.82) is 0 Å². The first-order valence-electron chi connectivity index (χ1n) is 12.3. The lowest BCUT2D eigenvalue weighted by Gasteiger charge is -2.32. The van der Waals surface area contributed by atoms with Gasteiger partial charge >= 0.3 is 0 Å². The van der Waals surface area contributed by atoms with Crippen LogP contribution in [0.2, 0.25) is 0 Å². The third kappa shape index (κ3) is 5.19. The van der Waals surface area contributed by atoms with E-state index in [2.05, 4.69) is 25.2 Å². The molecular formula is C27H31N5O2. The highest BCUT2D eigenvalue weighted by Crippen LogP contribution is 2.29. The molecule has 1 aliphatic carbocycles. The van der Waals surface area contributed by atoms with Crippen LogP contribution in [-0.4, -0.2) is 38.9 Å². The Bertz CT molecular complexity index is 1180. The van der Waals surface area contributed by atoms with Crippen molar-refractivity contribution < 1.29 is 9.90 Å². The average Bonchev–Trinajstić information content (AvgIpc) is 2.88. The molecule has 176 valence electrons. The maximum atomic E-state index is 12.8. The summed E-state index contributed by atoms with van der Waals surface area (Å²) in [5, 5.41) is 13.6. The van der Waals surface area contributed by atoms with E-state index >= 15 is 0 Å². The minimum atomic E-state index is 0.118. The van der Waals surface area contributed by atoms with Crippen molar-refractivity contribution in [2.24, 2.45) is 5.92 Å². The van der Waals surface area contributed by atoms with E-state index in [1.165, 1.54) is 24.8 Å². The van der Waals surface area contributed by atoms with Gasteiger partial charge in [0.25, 0.3) is 0 Å². The number of anilines is 2. The number of allylic oxidation sites excluding steroid dienone is 2. The molecule has 0 atom stereocenters. The molecule has 0 radical (unpaired) electrons. The predicted octanol–water partition coefficient (Wildman–Crippen LogP) is 5.02. The van der Waals surface area contributed by atoms with Crippen LogP contribution < -0.4 is 10.2 Å². The van der Waals surface area contributed by atoms with Crippen LogP contribution in [0.5, 0.6) is 5.75 Å². The van der Waals surface area contributed by atoms with Crippen LogP contribution in [0.4, 0.5) is 11.8 Å². The topological polar surface area (TPSA) is 91.2 Å². The van der Waals surface area contributed by atoms with Crippen molar-refractivity contribution in [2.45, 2.75) is 51.5 Å². The normalized spacial score (nSPS) is 17.1. The van der Waals surface area contributed by atoms with Crippen molar-refractivity contribution in [1.82, 2.24) is 15.0 Å². The number of piperidine rings is 1. The van der Waals surface area contributed by atoms with Gasteiger partial charge in [0, 0.05) is 37.9 Å². The molecule has 0 bridgehead atoms. The van der Waals surface area contributed by atoms with Gasteiger partial charge in [0.2, 0.25) is 5.95 Å². The molecule has 0 unspecified atom stereocenters. The number of phenolic OH excluding ortho intramolecular Hbond substituents is 1. The van der Waals surface area contributed by atoms with Gasteiger partial charge in [-0.1, -0.05) is 24.1 Å². The molecule has 0 amide bonds. The van der Waals surface area contributed by atoms with E-state index in [1.807, 2.05) is 30.5 Å². The fourth-order valence-electron chi connectivity index (χ4n) is 4.92. The summed E-state index contributed by atoms with van der Waals surface area (Å²) in [5.41, 5.74) is 3.23. The van der Waals surface area contributed by atoms with Gasteiger partial charge in [-0.05, 0) is 68.4 Å². The summed E-state index contributed by atoms with van der Waals surface area (Å²) in [5.74, 6) is 2.12. The minimum absolute atomic E-state index is 0.118. The van der Waals surface area contributed by atoms with Gasteiger partial charge in [-0.3, -0.25) is 4.79 Å².